The maximum atomic E-state index is 12.1. The smallest absolute Gasteiger partial charge is 0.291 e. The van der Waals surface area contributed by atoms with E-state index in [0.717, 1.165) is 5.39 Å². The maximum Gasteiger partial charge on any atom is 0.291 e. The number of carbonyl (C=O) groups excluding carboxylic acids is 1. The summed E-state index contributed by atoms with van der Waals surface area (Å²) in [5.41, 5.74) is 7.92. The van der Waals surface area contributed by atoms with Gasteiger partial charge in [0.2, 0.25) is 0 Å². The fourth-order valence-electron chi connectivity index (χ4n) is 2.03. The molecule has 0 saturated heterocycles. The van der Waals surface area contributed by atoms with E-state index in [4.69, 9.17) is 15.4 Å². The normalized spacial score (nSPS) is 10.2. The number of amides is 1. The fraction of sp³-hybridized carbons (Fsp3) is 0. The Morgan fingerprint density at radius 2 is 2.05 bits per heavy atom. The lowest BCUT2D eigenvalue weighted by Gasteiger charge is -2.02. The second kappa shape index (κ2) is 5.02. The number of fused-ring (bicyclic) bond motifs is 1. The van der Waals surface area contributed by atoms with Crippen molar-refractivity contribution >= 4 is 28.3 Å². The molecule has 1 amide bonds. The molecule has 0 aliphatic carbocycles. The molecule has 3 rings (SSSR count). The van der Waals surface area contributed by atoms with Gasteiger partial charge >= 0.3 is 0 Å². The first-order valence-corrected chi connectivity index (χ1v) is 6.26. The summed E-state index contributed by atoms with van der Waals surface area (Å²) in [7, 11) is 0. The molecular formula is C16H11N3O2. The van der Waals surface area contributed by atoms with Crippen LogP contribution >= 0.6 is 0 Å². The standard InChI is InChI=1S/C16H11N3O2/c17-9-10-2-1-3-13(6-10)19-16(20)15-8-11-7-12(18)4-5-14(11)21-15/h1-8H,18H2,(H,19,20). The Labute approximate surface area is 120 Å². The summed E-state index contributed by atoms with van der Waals surface area (Å²) in [6.07, 6.45) is 0. The summed E-state index contributed by atoms with van der Waals surface area (Å²) in [4.78, 5) is 12.1. The Hall–Kier alpha value is -3.26. The molecule has 21 heavy (non-hydrogen) atoms. The van der Waals surface area contributed by atoms with Crippen LogP contribution in [0.4, 0.5) is 11.4 Å². The number of nitrogens with one attached hydrogen (secondary N) is 1. The van der Waals surface area contributed by atoms with Gasteiger partial charge in [0.05, 0.1) is 11.6 Å². The zero-order chi connectivity index (χ0) is 14.8. The molecule has 0 saturated carbocycles. The summed E-state index contributed by atoms with van der Waals surface area (Å²) in [5, 5.41) is 12.3. The first kappa shape index (κ1) is 12.8. The number of furan rings is 1. The number of carbonyl (C=O) groups is 1. The van der Waals surface area contributed by atoms with Crippen molar-refractivity contribution in [1.82, 2.24) is 0 Å². The van der Waals surface area contributed by atoms with Gasteiger partial charge < -0.3 is 15.5 Å². The van der Waals surface area contributed by atoms with Crippen molar-refractivity contribution in [2.24, 2.45) is 0 Å². The quantitative estimate of drug-likeness (QED) is 0.704. The second-order valence-corrected chi connectivity index (χ2v) is 4.55. The first-order valence-electron chi connectivity index (χ1n) is 6.26. The Bertz CT molecular complexity index is 875. The lowest BCUT2D eigenvalue weighted by Crippen LogP contribution is -2.10. The Kier molecular flexibility index (Phi) is 3.05. The van der Waals surface area contributed by atoms with Gasteiger partial charge in [-0.3, -0.25) is 4.79 Å². The van der Waals surface area contributed by atoms with E-state index in [0.29, 0.717) is 22.5 Å². The minimum atomic E-state index is -0.375. The summed E-state index contributed by atoms with van der Waals surface area (Å²) in [6, 6.07) is 15.5. The van der Waals surface area contributed by atoms with Gasteiger partial charge in [0.15, 0.2) is 5.76 Å². The lowest BCUT2D eigenvalue weighted by molar-refractivity contribution is 0.0998. The van der Waals surface area contributed by atoms with Crippen LogP contribution in [0.1, 0.15) is 16.1 Å². The molecule has 1 heterocycles. The van der Waals surface area contributed by atoms with Crippen LogP contribution in [0.15, 0.2) is 52.9 Å². The highest BCUT2D eigenvalue weighted by molar-refractivity contribution is 6.04. The molecule has 5 nitrogen and oxygen atoms in total. The molecule has 5 heteroatoms. The molecule has 0 fully saturated rings. The van der Waals surface area contributed by atoms with Crippen LogP contribution in [0.25, 0.3) is 11.0 Å². The average molecular weight is 277 g/mol. The van der Waals surface area contributed by atoms with E-state index in [2.05, 4.69) is 5.32 Å². The monoisotopic (exact) mass is 277 g/mol. The molecule has 0 bridgehead atoms. The molecule has 2 aromatic carbocycles. The van der Waals surface area contributed by atoms with Crippen molar-refractivity contribution in [1.29, 1.82) is 5.26 Å². The average Bonchev–Trinajstić information content (AvgIpc) is 2.90. The van der Waals surface area contributed by atoms with Gasteiger partial charge in [0, 0.05) is 16.8 Å². The SMILES string of the molecule is N#Cc1cccc(NC(=O)c2cc3cc(N)ccc3o2)c1. The summed E-state index contributed by atoms with van der Waals surface area (Å²) in [5.74, 6) is -0.183. The highest BCUT2D eigenvalue weighted by atomic mass is 16.3. The van der Waals surface area contributed by atoms with E-state index < -0.39 is 0 Å². The largest absolute Gasteiger partial charge is 0.451 e. The van der Waals surface area contributed by atoms with Gasteiger partial charge in [-0.15, -0.1) is 0 Å². The van der Waals surface area contributed by atoms with Crippen molar-refractivity contribution in [2.45, 2.75) is 0 Å². The van der Waals surface area contributed by atoms with E-state index in [1.807, 2.05) is 6.07 Å². The summed E-state index contributed by atoms with van der Waals surface area (Å²) < 4.78 is 5.48. The van der Waals surface area contributed by atoms with Crippen LogP contribution in [0.2, 0.25) is 0 Å². The molecule has 3 N–H and O–H groups in total. The van der Waals surface area contributed by atoms with E-state index in [9.17, 15) is 4.79 Å². The minimum Gasteiger partial charge on any atom is -0.451 e. The third kappa shape index (κ3) is 2.55. The van der Waals surface area contributed by atoms with Gasteiger partial charge in [-0.1, -0.05) is 6.07 Å². The van der Waals surface area contributed by atoms with Gasteiger partial charge in [-0.25, -0.2) is 0 Å². The summed E-state index contributed by atoms with van der Waals surface area (Å²) >= 11 is 0. The van der Waals surface area contributed by atoms with Crippen LogP contribution in [0, 0.1) is 11.3 Å². The van der Waals surface area contributed by atoms with Gasteiger partial charge in [0.25, 0.3) is 5.91 Å². The second-order valence-electron chi connectivity index (χ2n) is 4.55. The molecule has 0 spiro atoms. The van der Waals surface area contributed by atoms with Crippen LogP contribution in [-0.2, 0) is 0 Å². The van der Waals surface area contributed by atoms with Crippen LogP contribution < -0.4 is 11.1 Å². The van der Waals surface area contributed by atoms with Gasteiger partial charge in [-0.05, 0) is 42.5 Å². The van der Waals surface area contributed by atoms with Crippen LogP contribution in [0.5, 0.6) is 0 Å². The molecule has 0 aliphatic heterocycles. The number of anilines is 2. The topological polar surface area (TPSA) is 92.0 Å². The minimum absolute atomic E-state index is 0.193. The van der Waals surface area contributed by atoms with Gasteiger partial charge in [-0.2, -0.15) is 5.26 Å². The van der Waals surface area contributed by atoms with Crippen molar-refractivity contribution in [3.8, 4) is 6.07 Å². The first-order chi connectivity index (χ1) is 10.2. The Morgan fingerprint density at radius 3 is 2.86 bits per heavy atom. The highest BCUT2D eigenvalue weighted by Crippen LogP contribution is 2.22. The highest BCUT2D eigenvalue weighted by Gasteiger charge is 2.12. The fourth-order valence-corrected chi connectivity index (χ4v) is 2.03. The maximum absolute atomic E-state index is 12.1. The number of rotatable bonds is 2. The van der Waals surface area contributed by atoms with E-state index in [-0.39, 0.29) is 11.7 Å². The zero-order valence-corrected chi connectivity index (χ0v) is 11.0. The molecule has 1 aromatic heterocycles. The van der Waals surface area contributed by atoms with Crippen LogP contribution in [-0.4, -0.2) is 5.91 Å². The van der Waals surface area contributed by atoms with E-state index >= 15 is 0 Å². The third-order valence-electron chi connectivity index (χ3n) is 3.01. The number of nitriles is 1. The number of hydrogen-bond acceptors (Lipinski definition) is 4. The van der Waals surface area contributed by atoms with Crippen molar-refractivity contribution in [3.05, 3.63) is 59.9 Å². The molecule has 0 radical (unpaired) electrons. The molecule has 0 atom stereocenters. The number of benzene rings is 2. The van der Waals surface area contributed by atoms with Crippen LogP contribution in [0.3, 0.4) is 0 Å². The number of nitrogens with two attached hydrogens (primary N) is 1. The zero-order valence-electron chi connectivity index (χ0n) is 11.0. The predicted molar refractivity (Wildman–Crippen MR) is 79.7 cm³/mol. The number of nitrogen functional groups attached to an aromatic ring is 1. The van der Waals surface area contributed by atoms with E-state index in [1.54, 1.807) is 48.5 Å². The third-order valence-corrected chi connectivity index (χ3v) is 3.01. The Morgan fingerprint density at radius 1 is 1.19 bits per heavy atom. The van der Waals surface area contributed by atoms with Crippen molar-refractivity contribution in [3.63, 3.8) is 0 Å². The molecular weight excluding hydrogens is 266 g/mol. The van der Waals surface area contributed by atoms with E-state index in [1.165, 1.54) is 0 Å². The van der Waals surface area contributed by atoms with Gasteiger partial charge in [0.1, 0.15) is 5.58 Å². The summed E-state index contributed by atoms with van der Waals surface area (Å²) in [6.45, 7) is 0. The van der Waals surface area contributed by atoms with Crippen molar-refractivity contribution < 1.29 is 9.21 Å². The number of hydrogen-bond donors (Lipinski definition) is 2. The number of nitrogens with zero attached hydrogens (tertiary/aromatic N) is 1. The molecule has 0 aliphatic rings. The lowest BCUT2D eigenvalue weighted by atomic mass is 10.2. The molecule has 3 aromatic rings. The Balaban J connectivity index is 1.88. The molecule has 0 unspecified atom stereocenters. The molecule has 102 valence electrons. The predicted octanol–water partition coefficient (Wildman–Crippen LogP) is 3.14. The van der Waals surface area contributed by atoms with Crippen molar-refractivity contribution in [2.75, 3.05) is 11.1 Å².